The highest BCUT2D eigenvalue weighted by Gasteiger charge is 2.43. The maximum Gasteiger partial charge on any atom is 0.329 e. The number of carboxylic acid groups (broad SMARTS) is 1. The predicted molar refractivity (Wildman–Crippen MR) is 160 cm³/mol. The Hall–Kier alpha value is -4.39. The SMILES string of the molecule is Cc1cc(C)c(-c2ccc(C(=O)Nc3cc4ccccc4cc3C(=O)N[C@](C)(C(=O)O)C3CCCCC3)o2)c(C)c1. The average molecular weight is 553 g/mol. The number of rotatable bonds is 7. The number of carbonyl (C=O) groups excluding carboxylic acids is 2. The number of amides is 2. The van der Waals surface area contributed by atoms with Gasteiger partial charge in [0.1, 0.15) is 11.3 Å². The second-order valence-electron chi connectivity index (χ2n) is 11.4. The fourth-order valence-electron chi connectivity index (χ4n) is 6.19. The highest BCUT2D eigenvalue weighted by Crippen LogP contribution is 2.35. The van der Waals surface area contributed by atoms with Crippen LogP contribution in [-0.2, 0) is 4.79 Å². The lowest BCUT2D eigenvalue weighted by Gasteiger charge is -2.37. The first-order chi connectivity index (χ1) is 19.6. The van der Waals surface area contributed by atoms with Gasteiger partial charge in [-0.05, 0) is 92.6 Å². The number of fused-ring (bicyclic) bond motifs is 1. The number of carbonyl (C=O) groups is 3. The summed E-state index contributed by atoms with van der Waals surface area (Å²) < 4.78 is 5.99. The van der Waals surface area contributed by atoms with Crippen molar-refractivity contribution in [3.63, 3.8) is 0 Å². The van der Waals surface area contributed by atoms with Gasteiger partial charge < -0.3 is 20.2 Å². The van der Waals surface area contributed by atoms with Crippen LogP contribution in [0.15, 0.2) is 65.1 Å². The number of aliphatic carboxylic acids is 1. The molecule has 1 atom stereocenters. The number of nitrogens with one attached hydrogen (secondary N) is 2. The molecule has 2 amide bonds. The smallest absolute Gasteiger partial charge is 0.329 e. The van der Waals surface area contributed by atoms with E-state index in [1.165, 1.54) is 0 Å². The number of hydrogen-bond acceptors (Lipinski definition) is 4. The summed E-state index contributed by atoms with van der Waals surface area (Å²) in [4.78, 5) is 39.6. The number of carboxylic acids is 1. The molecule has 212 valence electrons. The van der Waals surface area contributed by atoms with E-state index >= 15 is 0 Å². The monoisotopic (exact) mass is 552 g/mol. The van der Waals surface area contributed by atoms with Crippen molar-refractivity contribution in [2.45, 2.75) is 65.3 Å². The van der Waals surface area contributed by atoms with Crippen LogP contribution in [0.25, 0.3) is 22.1 Å². The maximum absolute atomic E-state index is 13.7. The van der Waals surface area contributed by atoms with Crippen LogP contribution in [0.3, 0.4) is 0 Å². The average Bonchev–Trinajstić information content (AvgIpc) is 3.42. The summed E-state index contributed by atoms with van der Waals surface area (Å²) in [5.74, 6) is -1.59. The van der Waals surface area contributed by atoms with Gasteiger partial charge in [-0.2, -0.15) is 0 Å². The molecule has 3 N–H and O–H groups in total. The topological polar surface area (TPSA) is 109 Å². The van der Waals surface area contributed by atoms with E-state index < -0.39 is 23.3 Å². The van der Waals surface area contributed by atoms with Crippen LogP contribution >= 0.6 is 0 Å². The highest BCUT2D eigenvalue weighted by atomic mass is 16.4. The summed E-state index contributed by atoms with van der Waals surface area (Å²) in [6.07, 6.45) is 4.43. The molecule has 0 saturated heterocycles. The molecule has 0 radical (unpaired) electrons. The summed E-state index contributed by atoms with van der Waals surface area (Å²) in [6.45, 7) is 7.64. The van der Waals surface area contributed by atoms with Crippen molar-refractivity contribution in [1.29, 1.82) is 0 Å². The van der Waals surface area contributed by atoms with E-state index in [4.69, 9.17) is 4.42 Å². The first-order valence-corrected chi connectivity index (χ1v) is 14.1. The van der Waals surface area contributed by atoms with Crippen LogP contribution in [0, 0.1) is 26.7 Å². The lowest BCUT2D eigenvalue weighted by molar-refractivity contribution is -0.146. The quantitative estimate of drug-likeness (QED) is 0.221. The van der Waals surface area contributed by atoms with E-state index in [1.807, 2.05) is 45.0 Å². The van der Waals surface area contributed by atoms with E-state index in [9.17, 15) is 19.5 Å². The minimum Gasteiger partial charge on any atom is -0.480 e. The van der Waals surface area contributed by atoms with Crippen LogP contribution in [0.4, 0.5) is 5.69 Å². The molecule has 1 aromatic heterocycles. The number of benzene rings is 3. The van der Waals surface area contributed by atoms with E-state index in [0.29, 0.717) is 5.76 Å². The first-order valence-electron chi connectivity index (χ1n) is 14.1. The minimum absolute atomic E-state index is 0.108. The number of furan rings is 1. The summed E-state index contributed by atoms with van der Waals surface area (Å²) >= 11 is 0. The van der Waals surface area contributed by atoms with Gasteiger partial charge in [0.05, 0.1) is 11.3 Å². The third-order valence-corrected chi connectivity index (χ3v) is 8.37. The zero-order valence-electron chi connectivity index (χ0n) is 24.0. The van der Waals surface area contributed by atoms with E-state index in [2.05, 4.69) is 22.8 Å². The lowest BCUT2D eigenvalue weighted by Crippen LogP contribution is -2.57. The largest absolute Gasteiger partial charge is 0.480 e. The lowest BCUT2D eigenvalue weighted by atomic mass is 9.75. The van der Waals surface area contributed by atoms with Gasteiger partial charge in [-0.3, -0.25) is 9.59 Å². The summed E-state index contributed by atoms with van der Waals surface area (Å²) in [7, 11) is 0. The van der Waals surface area contributed by atoms with Gasteiger partial charge in [0, 0.05) is 5.56 Å². The number of anilines is 1. The normalized spacial score (nSPS) is 15.3. The van der Waals surface area contributed by atoms with Gasteiger partial charge >= 0.3 is 5.97 Å². The van der Waals surface area contributed by atoms with Crippen LogP contribution in [0.5, 0.6) is 0 Å². The van der Waals surface area contributed by atoms with Crippen molar-refractivity contribution in [1.82, 2.24) is 5.32 Å². The van der Waals surface area contributed by atoms with Crippen molar-refractivity contribution in [2.75, 3.05) is 5.32 Å². The standard InChI is InChI=1S/C34H36N2O5/c1-20-16-21(2)30(22(3)17-20)28-14-15-29(41-28)32(38)35-27-19-24-11-9-8-10-23(24)18-26(27)31(37)36-34(4,33(39)40)25-12-6-5-7-13-25/h8-11,14-19,25H,5-7,12-13H2,1-4H3,(H,35,38)(H,36,37)(H,39,40)/t34-/m0/s1. The maximum atomic E-state index is 13.7. The Morgan fingerprint density at radius 2 is 1.49 bits per heavy atom. The molecule has 3 aromatic carbocycles. The van der Waals surface area contributed by atoms with Gasteiger partial charge in [0.25, 0.3) is 11.8 Å². The molecule has 1 aliphatic carbocycles. The molecule has 7 nitrogen and oxygen atoms in total. The van der Waals surface area contributed by atoms with Crippen LogP contribution in [0.2, 0.25) is 0 Å². The van der Waals surface area contributed by atoms with Crippen LogP contribution in [-0.4, -0.2) is 28.4 Å². The van der Waals surface area contributed by atoms with Crippen LogP contribution < -0.4 is 10.6 Å². The van der Waals surface area contributed by atoms with Gasteiger partial charge in [-0.1, -0.05) is 61.2 Å². The second-order valence-corrected chi connectivity index (χ2v) is 11.4. The predicted octanol–water partition coefficient (Wildman–Crippen LogP) is 7.43. The Morgan fingerprint density at radius 3 is 2.12 bits per heavy atom. The Bertz CT molecular complexity index is 1620. The third kappa shape index (κ3) is 5.62. The van der Waals surface area contributed by atoms with Crippen molar-refractivity contribution < 1.29 is 23.9 Å². The summed E-state index contributed by atoms with van der Waals surface area (Å²) in [5.41, 5.74) is 3.24. The van der Waals surface area contributed by atoms with Gasteiger partial charge in [0.2, 0.25) is 0 Å². The summed E-state index contributed by atoms with van der Waals surface area (Å²) in [6, 6.07) is 18.5. The van der Waals surface area contributed by atoms with Crippen molar-refractivity contribution >= 4 is 34.2 Å². The molecule has 0 aliphatic heterocycles. The molecular weight excluding hydrogens is 516 g/mol. The molecule has 5 rings (SSSR count). The van der Waals surface area contributed by atoms with Crippen molar-refractivity contribution in [2.24, 2.45) is 5.92 Å². The molecule has 41 heavy (non-hydrogen) atoms. The minimum atomic E-state index is -1.43. The van der Waals surface area contributed by atoms with Crippen LogP contribution in [0.1, 0.15) is 76.6 Å². The second kappa shape index (κ2) is 11.2. The van der Waals surface area contributed by atoms with Crippen molar-refractivity contribution in [3.05, 3.63) is 88.7 Å². The summed E-state index contributed by atoms with van der Waals surface area (Å²) in [5, 5.41) is 17.5. The first kappa shape index (κ1) is 28.1. The van der Waals surface area contributed by atoms with Gasteiger partial charge in [-0.25, -0.2) is 4.79 Å². The number of hydrogen-bond donors (Lipinski definition) is 3. The molecule has 1 heterocycles. The Kier molecular flexibility index (Phi) is 7.72. The fourth-order valence-corrected chi connectivity index (χ4v) is 6.19. The number of aryl methyl sites for hydroxylation is 3. The molecule has 0 bridgehead atoms. The zero-order chi connectivity index (χ0) is 29.3. The Labute approximate surface area is 240 Å². The third-order valence-electron chi connectivity index (χ3n) is 8.37. The zero-order valence-corrected chi connectivity index (χ0v) is 24.0. The van der Waals surface area contributed by atoms with E-state index in [0.717, 1.165) is 65.1 Å². The van der Waals surface area contributed by atoms with E-state index in [-0.39, 0.29) is 22.9 Å². The molecule has 7 heteroatoms. The van der Waals surface area contributed by atoms with Crippen molar-refractivity contribution in [3.8, 4) is 11.3 Å². The molecule has 0 unspecified atom stereocenters. The molecular formula is C34H36N2O5. The molecule has 0 spiro atoms. The van der Waals surface area contributed by atoms with Gasteiger partial charge in [0.15, 0.2) is 5.76 Å². The Morgan fingerprint density at radius 1 is 0.854 bits per heavy atom. The highest BCUT2D eigenvalue weighted by molar-refractivity contribution is 6.11. The van der Waals surface area contributed by atoms with Gasteiger partial charge in [-0.15, -0.1) is 0 Å². The fraction of sp³-hybridized carbons (Fsp3) is 0.324. The van der Waals surface area contributed by atoms with E-state index in [1.54, 1.807) is 31.2 Å². The molecule has 4 aromatic rings. The molecule has 1 aliphatic rings. The molecule has 1 fully saturated rings. The Balaban J connectivity index is 1.47. The molecule has 1 saturated carbocycles.